The lowest BCUT2D eigenvalue weighted by atomic mass is 10.1. The minimum Gasteiger partial charge on any atom is -0.455 e. The number of rotatable bonds is 3. The quantitative estimate of drug-likeness (QED) is 0.352. The van der Waals surface area contributed by atoms with Crippen molar-refractivity contribution < 1.29 is 19.2 Å². The summed E-state index contributed by atoms with van der Waals surface area (Å²) in [6.45, 7) is 0. The minimum atomic E-state index is -0.513. The number of hydrogen-bond donors (Lipinski definition) is 0. The Hall–Kier alpha value is -2.92. The van der Waals surface area contributed by atoms with Gasteiger partial charge in [-0.15, -0.1) is 4.99 Å². The third-order valence-corrected chi connectivity index (χ3v) is 2.10. The van der Waals surface area contributed by atoms with Crippen LogP contribution in [0.5, 0.6) is 0 Å². The summed E-state index contributed by atoms with van der Waals surface area (Å²) in [6, 6.07) is 5.56. The first-order valence-corrected chi connectivity index (χ1v) is 4.77. The second-order valence-corrected chi connectivity index (χ2v) is 3.15. The second kappa shape index (κ2) is 4.94. The Kier molecular flexibility index (Phi) is 3.17. The molecule has 0 aliphatic carbocycles. The summed E-state index contributed by atoms with van der Waals surface area (Å²) in [5, 5.41) is 10.5. The molecule has 0 spiro atoms. The van der Waals surface area contributed by atoms with Crippen molar-refractivity contribution in [2.24, 2.45) is 4.99 Å². The summed E-state index contributed by atoms with van der Waals surface area (Å²) in [7, 11) is 0. The van der Waals surface area contributed by atoms with Crippen molar-refractivity contribution in [1.29, 1.82) is 0 Å². The number of isocyanates is 1. The highest BCUT2D eigenvalue weighted by Gasteiger charge is 2.16. The van der Waals surface area contributed by atoms with Crippen LogP contribution < -0.4 is 0 Å². The van der Waals surface area contributed by atoms with Gasteiger partial charge in [-0.3, -0.25) is 10.1 Å². The Bertz CT molecular complexity index is 582. The monoisotopic (exact) mass is 246 g/mol. The fraction of sp³-hybridized carbons (Fsp3) is 0. The molecule has 1 aliphatic rings. The molecule has 1 aromatic carbocycles. The molecule has 1 aliphatic heterocycles. The van der Waals surface area contributed by atoms with Gasteiger partial charge in [-0.05, 0) is 12.1 Å². The summed E-state index contributed by atoms with van der Waals surface area (Å²) in [6.07, 6.45) is 3.81. The zero-order valence-corrected chi connectivity index (χ0v) is 8.90. The smallest absolute Gasteiger partial charge is 0.274 e. The molecule has 0 unspecified atom stereocenters. The maximum absolute atomic E-state index is 10.5. The average Bonchev–Trinajstić information content (AvgIpc) is 2.40. The number of nitro groups is 1. The Morgan fingerprint density at radius 2 is 1.83 bits per heavy atom. The number of nitrogens with zero attached hydrogens (tertiary/aromatic N) is 2. The van der Waals surface area contributed by atoms with Crippen LogP contribution in [0.3, 0.4) is 0 Å². The molecule has 1 aromatic rings. The summed E-state index contributed by atoms with van der Waals surface area (Å²) in [5.41, 5.74) is 0.450. The van der Waals surface area contributed by atoms with E-state index in [1.54, 1.807) is 0 Å². The van der Waals surface area contributed by atoms with E-state index in [1.807, 2.05) is 0 Å². The molecule has 0 atom stereocenters. The molecule has 0 saturated carbocycles. The predicted octanol–water partition coefficient (Wildman–Crippen LogP) is 2.07. The minimum absolute atomic E-state index is 0.0490. The van der Waals surface area contributed by atoms with E-state index in [2.05, 4.69) is 4.99 Å². The highest BCUT2D eigenvalue weighted by molar-refractivity contribution is 5.64. The summed E-state index contributed by atoms with van der Waals surface area (Å²) >= 11 is 0. The van der Waals surface area contributed by atoms with Gasteiger partial charge in [-0.25, -0.2) is 4.79 Å². The van der Waals surface area contributed by atoms with Gasteiger partial charge >= 0.3 is 0 Å². The normalized spacial score (nSPS) is 13.3. The molecule has 0 amide bonds. The van der Waals surface area contributed by atoms with E-state index in [0.717, 1.165) is 0 Å². The third-order valence-electron chi connectivity index (χ3n) is 2.10. The van der Waals surface area contributed by atoms with E-state index in [9.17, 15) is 14.9 Å². The van der Waals surface area contributed by atoms with E-state index in [4.69, 9.17) is 9.47 Å². The molecule has 18 heavy (non-hydrogen) atoms. The van der Waals surface area contributed by atoms with Crippen molar-refractivity contribution in [1.82, 2.24) is 0 Å². The lowest BCUT2D eigenvalue weighted by Gasteiger charge is -2.12. The van der Waals surface area contributed by atoms with Crippen molar-refractivity contribution in [2.45, 2.75) is 0 Å². The van der Waals surface area contributed by atoms with Crippen LogP contribution in [0.4, 0.5) is 5.69 Å². The zero-order chi connectivity index (χ0) is 13.0. The molecule has 0 fully saturated rings. The van der Waals surface area contributed by atoms with Crippen molar-refractivity contribution in [2.75, 3.05) is 0 Å². The Balaban J connectivity index is 2.40. The molecule has 0 saturated heterocycles. The van der Waals surface area contributed by atoms with Crippen LogP contribution in [0.25, 0.3) is 5.76 Å². The second-order valence-electron chi connectivity index (χ2n) is 3.15. The number of ether oxygens (including phenoxy) is 2. The number of benzene rings is 1. The van der Waals surface area contributed by atoms with Crippen molar-refractivity contribution in [3.8, 4) is 0 Å². The summed E-state index contributed by atoms with van der Waals surface area (Å²) in [4.78, 5) is 23.6. The standard InChI is InChI=1S/C11H6N2O5/c14-7-12-11-10(17-5-6-18-11)8-1-3-9(4-2-8)13(15)16/h1-6H. The fourth-order valence-corrected chi connectivity index (χ4v) is 1.34. The molecule has 7 nitrogen and oxygen atoms in total. The van der Waals surface area contributed by atoms with Crippen LogP contribution in [-0.2, 0) is 14.3 Å². The Labute approximate surface area is 101 Å². The van der Waals surface area contributed by atoms with Crippen LogP contribution in [0.2, 0.25) is 0 Å². The van der Waals surface area contributed by atoms with Gasteiger partial charge in [-0.2, -0.15) is 0 Å². The van der Waals surface area contributed by atoms with E-state index in [1.165, 1.54) is 42.9 Å². The van der Waals surface area contributed by atoms with Crippen LogP contribution in [0.1, 0.15) is 5.56 Å². The third kappa shape index (κ3) is 2.26. The number of hydrogen-bond acceptors (Lipinski definition) is 6. The van der Waals surface area contributed by atoms with E-state index >= 15 is 0 Å². The summed E-state index contributed by atoms with van der Waals surface area (Å²) < 4.78 is 10.1. The van der Waals surface area contributed by atoms with Gasteiger partial charge < -0.3 is 9.47 Å². The van der Waals surface area contributed by atoms with Crippen LogP contribution in [0, 0.1) is 10.1 Å². The highest BCUT2D eigenvalue weighted by Crippen LogP contribution is 2.26. The van der Waals surface area contributed by atoms with Gasteiger partial charge in [0.15, 0.2) is 5.76 Å². The largest absolute Gasteiger partial charge is 0.455 e. The van der Waals surface area contributed by atoms with Gasteiger partial charge in [0.05, 0.1) is 4.92 Å². The lowest BCUT2D eigenvalue weighted by molar-refractivity contribution is -0.384. The maximum Gasteiger partial charge on any atom is 0.274 e. The molecule has 0 bridgehead atoms. The van der Waals surface area contributed by atoms with Crippen LogP contribution in [0.15, 0.2) is 47.7 Å². The number of nitro benzene ring substituents is 1. The Morgan fingerprint density at radius 1 is 1.17 bits per heavy atom. The Morgan fingerprint density at radius 3 is 2.44 bits per heavy atom. The fourth-order valence-electron chi connectivity index (χ4n) is 1.34. The SMILES string of the molecule is O=C=NC1=C(c2ccc([N+](=O)[O-])cc2)OC=CO1. The van der Waals surface area contributed by atoms with Gasteiger partial charge in [-0.1, -0.05) is 0 Å². The first-order valence-electron chi connectivity index (χ1n) is 4.77. The van der Waals surface area contributed by atoms with Crippen LogP contribution in [-0.4, -0.2) is 11.0 Å². The van der Waals surface area contributed by atoms with Crippen molar-refractivity contribution in [3.05, 3.63) is 58.4 Å². The number of non-ortho nitro benzene ring substituents is 1. The average molecular weight is 246 g/mol. The maximum atomic E-state index is 10.5. The van der Waals surface area contributed by atoms with Crippen molar-refractivity contribution in [3.63, 3.8) is 0 Å². The topological polar surface area (TPSA) is 91.0 Å². The first kappa shape index (κ1) is 11.6. The first-order chi connectivity index (χ1) is 8.72. The molecule has 7 heteroatoms. The molecule has 2 rings (SSSR count). The molecule has 90 valence electrons. The molecular weight excluding hydrogens is 240 g/mol. The number of aliphatic imine (C=N–C) groups is 1. The summed E-state index contributed by atoms with van der Waals surface area (Å²) in [5.74, 6) is 0.136. The van der Waals surface area contributed by atoms with E-state index in [0.29, 0.717) is 5.56 Å². The van der Waals surface area contributed by atoms with Gasteiger partial charge in [0.1, 0.15) is 12.5 Å². The van der Waals surface area contributed by atoms with Gasteiger partial charge in [0.25, 0.3) is 11.6 Å². The van der Waals surface area contributed by atoms with Crippen LogP contribution >= 0.6 is 0 Å². The molecule has 1 heterocycles. The predicted molar refractivity (Wildman–Crippen MR) is 59.4 cm³/mol. The van der Waals surface area contributed by atoms with Gasteiger partial charge in [0.2, 0.25) is 6.08 Å². The lowest BCUT2D eigenvalue weighted by Crippen LogP contribution is -1.99. The molecule has 0 aromatic heterocycles. The molecular formula is C11H6N2O5. The zero-order valence-electron chi connectivity index (χ0n) is 8.90. The highest BCUT2D eigenvalue weighted by atomic mass is 16.6. The molecule has 0 radical (unpaired) electrons. The van der Waals surface area contributed by atoms with E-state index < -0.39 is 4.92 Å². The van der Waals surface area contributed by atoms with Gasteiger partial charge in [0, 0.05) is 17.7 Å². The van der Waals surface area contributed by atoms with E-state index in [-0.39, 0.29) is 17.3 Å². The molecule has 0 N–H and O–H groups in total. The number of carbonyl (C=O) groups excluding carboxylic acids is 1. The van der Waals surface area contributed by atoms with Crippen molar-refractivity contribution >= 4 is 17.5 Å².